The van der Waals surface area contributed by atoms with Gasteiger partial charge in [-0.15, -0.1) is 0 Å². The number of rotatable bonds is 7. The molecule has 1 amide bonds. The summed E-state index contributed by atoms with van der Waals surface area (Å²) in [6.45, 7) is 6.94. The lowest BCUT2D eigenvalue weighted by molar-refractivity contribution is 0.0684. The first-order valence-corrected chi connectivity index (χ1v) is 11.6. The van der Waals surface area contributed by atoms with Crippen molar-refractivity contribution in [1.29, 1.82) is 0 Å². The monoisotopic (exact) mass is 448 g/mol. The normalized spacial score (nSPS) is 15.0. The Balaban J connectivity index is 1.62. The van der Waals surface area contributed by atoms with Crippen LogP contribution in [0.5, 0.6) is 5.75 Å². The predicted molar refractivity (Wildman–Crippen MR) is 138 cm³/mol. The molecule has 1 aliphatic rings. The number of carbonyl (C=O) groups is 1. The molecule has 0 radical (unpaired) electrons. The average Bonchev–Trinajstić information content (AvgIpc) is 2.87. The fourth-order valence-electron chi connectivity index (χ4n) is 4.53. The maximum absolute atomic E-state index is 13.8. The zero-order valence-electron chi connectivity index (χ0n) is 19.3. The van der Waals surface area contributed by atoms with Crippen molar-refractivity contribution >= 4 is 22.4 Å². The van der Waals surface area contributed by atoms with Crippen LogP contribution in [0.2, 0.25) is 0 Å². The Bertz CT molecular complexity index is 1350. The Kier molecular flexibility index (Phi) is 6.05. The number of ether oxygens (including phenoxy) is 1. The molecule has 1 heterocycles. The van der Waals surface area contributed by atoms with Crippen molar-refractivity contribution in [3.63, 3.8) is 0 Å². The van der Waals surface area contributed by atoms with Crippen LogP contribution in [0.15, 0.2) is 103 Å². The molecule has 4 aromatic rings. The fourth-order valence-corrected chi connectivity index (χ4v) is 4.53. The Morgan fingerprint density at radius 3 is 2.50 bits per heavy atom. The molecule has 1 atom stereocenters. The van der Waals surface area contributed by atoms with Crippen LogP contribution in [0.25, 0.3) is 10.8 Å². The maximum Gasteiger partial charge on any atom is 0.257 e. The quantitative estimate of drug-likeness (QED) is 0.324. The highest BCUT2D eigenvalue weighted by molar-refractivity contribution is 6.02. The average molecular weight is 449 g/mol. The molecule has 1 N–H and O–H groups in total. The summed E-state index contributed by atoms with van der Waals surface area (Å²) in [7, 11) is 0. The molecule has 0 aromatic heterocycles. The fraction of sp³-hybridized carbons (Fsp3) is 0.167. The van der Waals surface area contributed by atoms with Crippen molar-refractivity contribution < 1.29 is 9.53 Å². The van der Waals surface area contributed by atoms with E-state index in [2.05, 4.69) is 42.2 Å². The van der Waals surface area contributed by atoms with Gasteiger partial charge in [0.05, 0.1) is 5.56 Å². The van der Waals surface area contributed by atoms with Crippen molar-refractivity contribution in [3.05, 3.63) is 120 Å². The van der Waals surface area contributed by atoms with E-state index >= 15 is 0 Å². The van der Waals surface area contributed by atoms with E-state index in [9.17, 15) is 4.79 Å². The Morgan fingerprint density at radius 1 is 0.941 bits per heavy atom. The maximum atomic E-state index is 13.8. The van der Waals surface area contributed by atoms with Crippen LogP contribution in [0.1, 0.15) is 34.6 Å². The summed E-state index contributed by atoms with van der Waals surface area (Å²) in [5.74, 6) is 0.783. The number of hydrogen-bond donors (Lipinski definition) is 1. The van der Waals surface area contributed by atoms with E-state index in [4.69, 9.17) is 4.74 Å². The van der Waals surface area contributed by atoms with Crippen molar-refractivity contribution in [2.75, 3.05) is 18.5 Å². The van der Waals surface area contributed by atoms with Gasteiger partial charge in [0.1, 0.15) is 18.5 Å². The molecule has 170 valence electrons. The van der Waals surface area contributed by atoms with Crippen molar-refractivity contribution in [2.45, 2.75) is 19.5 Å². The highest BCUT2D eigenvalue weighted by Crippen LogP contribution is 2.40. The van der Waals surface area contributed by atoms with E-state index in [1.54, 1.807) is 0 Å². The van der Waals surface area contributed by atoms with Gasteiger partial charge in [0, 0.05) is 17.8 Å². The first kappa shape index (κ1) is 21.8. The van der Waals surface area contributed by atoms with Crippen LogP contribution >= 0.6 is 0 Å². The van der Waals surface area contributed by atoms with Gasteiger partial charge in [-0.3, -0.25) is 4.79 Å². The summed E-state index contributed by atoms with van der Waals surface area (Å²) in [5, 5.41) is 5.83. The molecule has 0 aliphatic carbocycles. The number of hydrogen-bond acceptors (Lipinski definition) is 3. The largest absolute Gasteiger partial charge is 0.489 e. The summed E-state index contributed by atoms with van der Waals surface area (Å²) in [4.78, 5) is 15.7. The van der Waals surface area contributed by atoms with Gasteiger partial charge in [-0.25, -0.2) is 0 Å². The number of nitrogens with one attached hydrogen (secondary N) is 1. The van der Waals surface area contributed by atoms with Crippen LogP contribution in [0.3, 0.4) is 0 Å². The molecule has 0 saturated heterocycles. The summed E-state index contributed by atoms with van der Waals surface area (Å²) >= 11 is 0. The van der Waals surface area contributed by atoms with E-state index in [1.807, 2.05) is 72.5 Å². The van der Waals surface area contributed by atoms with Crippen molar-refractivity contribution in [1.82, 2.24) is 4.90 Å². The second-order valence-corrected chi connectivity index (χ2v) is 8.77. The molecular weight excluding hydrogens is 420 g/mol. The lowest BCUT2D eigenvalue weighted by Crippen LogP contribution is -2.44. The number of anilines is 1. The highest BCUT2D eigenvalue weighted by Gasteiger charge is 2.35. The second-order valence-electron chi connectivity index (χ2n) is 8.77. The molecule has 0 bridgehead atoms. The van der Waals surface area contributed by atoms with Crippen LogP contribution in [-0.2, 0) is 6.42 Å². The Hall–Kier alpha value is -4.05. The van der Waals surface area contributed by atoms with Gasteiger partial charge in [0.2, 0.25) is 0 Å². The zero-order valence-corrected chi connectivity index (χ0v) is 19.3. The number of nitrogens with zero attached hydrogens (tertiary/aromatic N) is 1. The number of amides is 1. The second kappa shape index (κ2) is 9.44. The standard InChI is InChI=1S/C30H28N2O2/c1-21(2)20-34-27-17-16-23-12-6-7-13-24(23)28(27)29-31-26-15-9-8-14-25(26)30(33)32(29)19-18-22-10-4-3-5-11-22/h3-17,29,31H,1,18-20H2,2H3. The lowest BCUT2D eigenvalue weighted by Gasteiger charge is -2.39. The Morgan fingerprint density at radius 2 is 1.68 bits per heavy atom. The molecule has 1 aliphatic heterocycles. The summed E-state index contributed by atoms with van der Waals surface area (Å²) in [5.41, 5.74) is 4.64. The molecule has 4 aromatic carbocycles. The zero-order chi connectivity index (χ0) is 23.5. The summed E-state index contributed by atoms with van der Waals surface area (Å²) in [6, 6.07) is 30.3. The molecule has 1 unspecified atom stereocenters. The van der Waals surface area contributed by atoms with Crippen LogP contribution in [0.4, 0.5) is 5.69 Å². The highest BCUT2D eigenvalue weighted by atomic mass is 16.5. The van der Waals surface area contributed by atoms with Crippen LogP contribution < -0.4 is 10.1 Å². The predicted octanol–water partition coefficient (Wildman–Crippen LogP) is 6.60. The third kappa shape index (κ3) is 4.27. The molecule has 34 heavy (non-hydrogen) atoms. The number of carbonyl (C=O) groups excluding carboxylic acids is 1. The summed E-state index contributed by atoms with van der Waals surface area (Å²) < 4.78 is 6.22. The first-order valence-electron chi connectivity index (χ1n) is 11.6. The molecule has 4 nitrogen and oxygen atoms in total. The first-order chi connectivity index (χ1) is 16.6. The molecule has 4 heteroatoms. The minimum atomic E-state index is -0.364. The van der Waals surface area contributed by atoms with Gasteiger partial charge in [-0.05, 0) is 53.5 Å². The van der Waals surface area contributed by atoms with E-state index < -0.39 is 0 Å². The van der Waals surface area contributed by atoms with Gasteiger partial charge in [-0.2, -0.15) is 0 Å². The van der Waals surface area contributed by atoms with Crippen molar-refractivity contribution in [3.8, 4) is 5.75 Å². The van der Waals surface area contributed by atoms with Gasteiger partial charge in [-0.1, -0.05) is 79.4 Å². The molecule has 0 fully saturated rings. The molecular formula is C30H28N2O2. The number of para-hydroxylation sites is 1. The lowest BCUT2D eigenvalue weighted by atomic mass is 9.97. The van der Waals surface area contributed by atoms with Crippen LogP contribution in [-0.4, -0.2) is 24.0 Å². The van der Waals surface area contributed by atoms with Gasteiger partial charge < -0.3 is 15.0 Å². The van der Waals surface area contributed by atoms with E-state index in [1.165, 1.54) is 5.56 Å². The van der Waals surface area contributed by atoms with Crippen molar-refractivity contribution in [2.24, 2.45) is 0 Å². The SMILES string of the molecule is C=C(C)COc1ccc2ccccc2c1C1Nc2ccccc2C(=O)N1CCc1ccccc1. The van der Waals surface area contributed by atoms with E-state index in [-0.39, 0.29) is 12.1 Å². The van der Waals surface area contributed by atoms with Gasteiger partial charge >= 0.3 is 0 Å². The van der Waals surface area contributed by atoms with E-state index in [0.29, 0.717) is 18.7 Å². The third-order valence-electron chi connectivity index (χ3n) is 6.18. The van der Waals surface area contributed by atoms with Crippen LogP contribution in [0, 0.1) is 0 Å². The van der Waals surface area contributed by atoms with Gasteiger partial charge in [0.15, 0.2) is 0 Å². The van der Waals surface area contributed by atoms with E-state index in [0.717, 1.165) is 39.8 Å². The molecule has 5 rings (SSSR count). The minimum Gasteiger partial charge on any atom is -0.489 e. The molecule has 0 saturated carbocycles. The smallest absolute Gasteiger partial charge is 0.257 e. The van der Waals surface area contributed by atoms with Gasteiger partial charge in [0.25, 0.3) is 5.91 Å². The molecule has 0 spiro atoms. The number of fused-ring (bicyclic) bond motifs is 2. The summed E-state index contributed by atoms with van der Waals surface area (Å²) in [6.07, 6.45) is 0.400. The third-order valence-corrected chi connectivity index (χ3v) is 6.18. The number of benzene rings is 4. The topological polar surface area (TPSA) is 41.6 Å². The Labute approximate surface area is 200 Å². The minimum absolute atomic E-state index is 0.0223.